The summed E-state index contributed by atoms with van der Waals surface area (Å²) in [4.78, 5) is 13.0. The van der Waals surface area contributed by atoms with Crippen LogP contribution in [0.1, 0.15) is 18.0 Å². The van der Waals surface area contributed by atoms with Crippen LogP contribution in [0.4, 0.5) is 6.01 Å². The molecule has 5 rings (SSSR count). The van der Waals surface area contributed by atoms with Gasteiger partial charge in [0.15, 0.2) is 5.58 Å². The van der Waals surface area contributed by atoms with E-state index in [1.54, 1.807) is 0 Å². The second-order valence-electron chi connectivity index (χ2n) is 6.09. The SMILES string of the molecule is Nc1nc2cc(-c3ccc4ncc(C5C=NC=CC5)n4c3)ccc2o1. The quantitative estimate of drug-likeness (QED) is 0.606. The van der Waals surface area contributed by atoms with Crippen molar-refractivity contribution in [2.24, 2.45) is 4.99 Å². The van der Waals surface area contributed by atoms with Gasteiger partial charge in [0.1, 0.15) is 11.2 Å². The number of nitrogen functional groups attached to an aromatic ring is 1. The minimum absolute atomic E-state index is 0.184. The first-order valence-corrected chi connectivity index (χ1v) is 8.10. The number of rotatable bonds is 2. The van der Waals surface area contributed by atoms with Gasteiger partial charge in [-0.15, -0.1) is 0 Å². The highest BCUT2D eigenvalue weighted by Gasteiger charge is 2.15. The van der Waals surface area contributed by atoms with E-state index >= 15 is 0 Å². The Morgan fingerprint density at radius 1 is 1.16 bits per heavy atom. The molecule has 0 amide bonds. The lowest BCUT2D eigenvalue weighted by Crippen LogP contribution is -2.05. The number of aromatic nitrogens is 3. The normalized spacial score (nSPS) is 16.9. The van der Waals surface area contributed by atoms with Gasteiger partial charge in [0.05, 0.1) is 5.69 Å². The number of pyridine rings is 1. The number of oxazole rings is 1. The molecule has 122 valence electrons. The van der Waals surface area contributed by atoms with Gasteiger partial charge >= 0.3 is 0 Å². The van der Waals surface area contributed by atoms with Gasteiger partial charge in [-0.2, -0.15) is 4.98 Å². The van der Waals surface area contributed by atoms with Crippen LogP contribution in [0.2, 0.25) is 0 Å². The minimum atomic E-state index is 0.184. The largest absolute Gasteiger partial charge is 0.424 e. The summed E-state index contributed by atoms with van der Waals surface area (Å²) in [5.41, 5.74) is 11.3. The molecule has 0 saturated carbocycles. The van der Waals surface area contributed by atoms with Crippen LogP contribution in [-0.4, -0.2) is 20.6 Å². The summed E-state index contributed by atoms with van der Waals surface area (Å²) >= 11 is 0. The van der Waals surface area contributed by atoms with Gasteiger partial charge in [-0.25, -0.2) is 4.98 Å². The molecule has 1 aliphatic rings. The Morgan fingerprint density at radius 2 is 2.08 bits per heavy atom. The summed E-state index contributed by atoms with van der Waals surface area (Å²) in [7, 11) is 0. The Morgan fingerprint density at radius 3 is 2.96 bits per heavy atom. The fraction of sp³-hybridized carbons (Fsp3) is 0.105. The first-order chi connectivity index (χ1) is 12.3. The van der Waals surface area contributed by atoms with E-state index in [0.29, 0.717) is 5.58 Å². The van der Waals surface area contributed by atoms with Gasteiger partial charge in [0.2, 0.25) is 0 Å². The van der Waals surface area contributed by atoms with Gasteiger partial charge in [0, 0.05) is 30.7 Å². The van der Waals surface area contributed by atoms with Crippen LogP contribution in [0.5, 0.6) is 0 Å². The topological polar surface area (TPSA) is 81.7 Å². The Labute approximate surface area is 143 Å². The van der Waals surface area contributed by atoms with Crippen molar-refractivity contribution in [1.82, 2.24) is 14.4 Å². The lowest BCUT2D eigenvalue weighted by atomic mass is 10.0. The van der Waals surface area contributed by atoms with Crippen molar-refractivity contribution in [3.63, 3.8) is 0 Å². The van der Waals surface area contributed by atoms with Gasteiger partial charge in [-0.05, 0) is 41.8 Å². The maximum Gasteiger partial charge on any atom is 0.292 e. The number of hydrogen-bond acceptors (Lipinski definition) is 5. The molecule has 1 aromatic carbocycles. The van der Waals surface area contributed by atoms with E-state index in [0.717, 1.165) is 34.4 Å². The third-order valence-electron chi connectivity index (χ3n) is 4.50. The smallest absolute Gasteiger partial charge is 0.292 e. The number of nitrogens with zero attached hydrogens (tertiary/aromatic N) is 4. The number of aliphatic imine (C=N–C) groups is 1. The summed E-state index contributed by atoms with van der Waals surface area (Å²) in [6.45, 7) is 0. The van der Waals surface area contributed by atoms with Gasteiger partial charge < -0.3 is 14.6 Å². The van der Waals surface area contributed by atoms with Gasteiger partial charge in [-0.3, -0.25) is 4.99 Å². The third-order valence-corrected chi connectivity index (χ3v) is 4.50. The molecule has 1 atom stereocenters. The standard InChI is InChI=1S/C19H15N5O/c20-19-23-15-8-12(3-5-17(15)25-19)14-4-6-18-22-10-16(24(18)11-14)13-2-1-7-21-9-13/h1,3-11,13H,2H2,(H2,20,23). The number of fused-ring (bicyclic) bond motifs is 2. The molecule has 0 saturated heterocycles. The highest BCUT2D eigenvalue weighted by molar-refractivity contribution is 5.81. The summed E-state index contributed by atoms with van der Waals surface area (Å²) in [5, 5.41) is 0. The molecule has 6 heteroatoms. The van der Waals surface area contributed by atoms with E-state index in [-0.39, 0.29) is 11.9 Å². The maximum absolute atomic E-state index is 5.63. The first kappa shape index (κ1) is 14.0. The summed E-state index contributed by atoms with van der Waals surface area (Å²) in [5.74, 6) is 0.244. The van der Waals surface area contributed by atoms with Crippen molar-refractivity contribution in [2.75, 3.05) is 5.73 Å². The van der Waals surface area contributed by atoms with Crippen molar-refractivity contribution in [2.45, 2.75) is 12.3 Å². The Bertz CT molecular complexity index is 1150. The number of benzene rings is 1. The highest BCUT2D eigenvalue weighted by atomic mass is 16.4. The van der Waals surface area contributed by atoms with Crippen LogP contribution < -0.4 is 5.73 Å². The van der Waals surface area contributed by atoms with Crippen molar-refractivity contribution in [1.29, 1.82) is 0 Å². The zero-order valence-electron chi connectivity index (χ0n) is 13.3. The molecule has 3 aromatic heterocycles. The van der Waals surface area contributed by atoms with Crippen LogP contribution in [0.25, 0.3) is 27.9 Å². The van der Waals surface area contributed by atoms with Crippen LogP contribution in [0, 0.1) is 0 Å². The fourth-order valence-electron chi connectivity index (χ4n) is 3.25. The number of allylic oxidation sites excluding steroid dienone is 1. The Kier molecular flexibility index (Phi) is 2.97. The molecule has 2 N–H and O–H groups in total. The molecule has 1 aliphatic heterocycles. The fourth-order valence-corrected chi connectivity index (χ4v) is 3.25. The van der Waals surface area contributed by atoms with E-state index < -0.39 is 0 Å². The molecule has 0 spiro atoms. The molecular weight excluding hydrogens is 314 g/mol. The number of imidazole rings is 1. The third kappa shape index (κ3) is 2.30. The molecule has 0 radical (unpaired) electrons. The van der Waals surface area contributed by atoms with Crippen molar-refractivity contribution < 1.29 is 4.42 Å². The van der Waals surface area contributed by atoms with E-state index in [1.807, 2.05) is 42.9 Å². The van der Waals surface area contributed by atoms with Crippen molar-refractivity contribution >= 4 is 29.0 Å². The second-order valence-corrected chi connectivity index (χ2v) is 6.09. The molecule has 6 nitrogen and oxygen atoms in total. The average Bonchev–Trinajstić information content (AvgIpc) is 3.23. The predicted octanol–water partition coefficient (Wildman–Crippen LogP) is 3.80. The van der Waals surface area contributed by atoms with Gasteiger partial charge in [0.25, 0.3) is 6.01 Å². The van der Waals surface area contributed by atoms with Crippen molar-refractivity contribution in [3.05, 3.63) is 60.7 Å². The second kappa shape index (κ2) is 5.31. The summed E-state index contributed by atoms with van der Waals surface area (Å²) in [6.07, 6.45) is 10.9. The molecule has 0 aliphatic carbocycles. The maximum atomic E-state index is 5.63. The minimum Gasteiger partial charge on any atom is -0.424 e. The van der Waals surface area contributed by atoms with E-state index in [9.17, 15) is 0 Å². The van der Waals surface area contributed by atoms with Crippen molar-refractivity contribution in [3.8, 4) is 11.1 Å². The highest BCUT2D eigenvalue weighted by Crippen LogP contribution is 2.28. The lowest BCUT2D eigenvalue weighted by Gasteiger charge is -2.12. The summed E-state index contributed by atoms with van der Waals surface area (Å²) in [6, 6.07) is 10.2. The van der Waals surface area contributed by atoms with E-state index in [2.05, 4.69) is 37.7 Å². The zero-order chi connectivity index (χ0) is 16.8. The molecule has 0 fully saturated rings. The van der Waals surface area contributed by atoms with Crippen LogP contribution in [-0.2, 0) is 0 Å². The monoisotopic (exact) mass is 329 g/mol. The molecule has 4 heterocycles. The van der Waals surface area contributed by atoms with Crippen LogP contribution in [0.3, 0.4) is 0 Å². The lowest BCUT2D eigenvalue weighted by molar-refractivity contribution is 0.626. The van der Waals surface area contributed by atoms with Crippen LogP contribution in [0.15, 0.2) is 64.4 Å². The van der Waals surface area contributed by atoms with Crippen LogP contribution >= 0.6 is 0 Å². The molecule has 0 bridgehead atoms. The zero-order valence-corrected chi connectivity index (χ0v) is 13.3. The Balaban J connectivity index is 1.63. The summed E-state index contributed by atoms with van der Waals surface area (Å²) < 4.78 is 7.48. The van der Waals surface area contributed by atoms with E-state index in [4.69, 9.17) is 10.2 Å². The first-order valence-electron chi connectivity index (χ1n) is 8.10. The average molecular weight is 329 g/mol. The number of nitrogens with two attached hydrogens (primary N) is 1. The predicted molar refractivity (Wildman–Crippen MR) is 97.6 cm³/mol. The molecular formula is C19H15N5O. The molecule has 4 aromatic rings. The number of anilines is 1. The molecule has 1 unspecified atom stereocenters. The Hall–Kier alpha value is -3.41. The molecule has 25 heavy (non-hydrogen) atoms. The van der Waals surface area contributed by atoms with Gasteiger partial charge in [-0.1, -0.05) is 12.1 Å². The van der Waals surface area contributed by atoms with E-state index in [1.165, 1.54) is 0 Å². The number of hydrogen-bond donors (Lipinski definition) is 1.